The van der Waals surface area contributed by atoms with Crippen molar-refractivity contribution in [3.8, 4) is 0 Å². The zero-order chi connectivity index (χ0) is 25.3. The van der Waals surface area contributed by atoms with Crippen LogP contribution in [0.4, 0.5) is 4.79 Å². The molecule has 5 atom stereocenters. The van der Waals surface area contributed by atoms with Crippen LogP contribution in [0.5, 0.6) is 0 Å². The van der Waals surface area contributed by atoms with Crippen LogP contribution < -0.4 is 10.6 Å². The van der Waals surface area contributed by atoms with Crippen LogP contribution in [0, 0.1) is 27.4 Å². The number of carbonyl (C=O) groups excluding carboxylic acids is 2. The molecule has 0 spiro atoms. The topological polar surface area (TPSA) is 142 Å². The number of nitrogens with zero attached hydrogens (tertiary/aromatic N) is 2. The lowest BCUT2D eigenvalue weighted by Crippen LogP contribution is -2.66. The van der Waals surface area contributed by atoms with E-state index in [2.05, 4.69) is 17.2 Å². The van der Waals surface area contributed by atoms with Gasteiger partial charge in [0.15, 0.2) is 0 Å². The molecule has 1 heterocycles. The number of amides is 3. The van der Waals surface area contributed by atoms with E-state index in [1.807, 2.05) is 20.8 Å². The number of aliphatic carboxylic acids is 1. The molecule has 10 heteroatoms. The second-order valence-electron chi connectivity index (χ2n) is 11.2. The molecular weight excluding hydrogens is 440 g/mol. The first-order valence-corrected chi connectivity index (χ1v) is 12.3. The van der Waals surface area contributed by atoms with E-state index >= 15 is 0 Å². The summed E-state index contributed by atoms with van der Waals surface area (Å²) in [7, 11) is 0. The third-order valence-corrected chi connectivity index (χ3v) is 8.00. The summed E-state index contributed by atoms with van der Waals surface area (Å²) in [5.74, 6) is -2.10. The molecule has 1 unspecified atom stereocenters. The monoisotopic (exact) mass is 478 g/mol. The van der Waals surface area contributed by atoms with E-state index in [9.17, 15) is 29.6 Å². The van der Waals surface area contributed by atoms with Gasteiger partial charge in [0.1, 0.15) is 12.1 Å². The van der Waals surface area contributed by atoms with Crippen molar-refractivity contribution >= 4 is 17.9 Å². The Bertz CT molecular complexity index is 832. The summed E-state index contributed by atoms with van der Waals surface area (Å²) in [5, 5.41) is 27.1. The van der Waals surface area contributed by atoms with Gasteiger partial charge in [-0.15, -0.1) is 6.58 Å². The van der Waals surface area contributed by atoms with Crippen molar-refractivity contribution in [1.29, 1.82) is 0 Å². The molecule has 34 heavy (non-hydrogen) atoms. The minimum Gasteiger partial charge on any atom is -0.480 e. The molecule has 3 aliphatic rings. The Kier molecular flexibility index (Phi) is 7.57. The van der Waals surface area contributed by atoms with Crippen molar-refractivity contribution in [2.45, 2.75) is 95.8 Å². The predicted molar refractivity (Wildman–Crippen MR) is 126 cm³/mol. The predicted octanol–water partition coefficient (Wildman–Crippen LogP) is 2.95. The summed E-state index contributed by atoms with van der Waals surface area (Å²) in [6, 6.07) is -3.16. The normalized spacial score (nSPS) is 29.4. The third kappa shape index (κ3) is 5.05. The van der Waals surface area contributed by atoms with Crippen LogP contribution in [0.25, 0.3) is 0 Å². The first-order chi connectivity index (χ1) is 15.9. The van der Waals surface area contributed by atoms with Gasteiger partial charge in [-0.05, 0) is 31.1 Å². The molecule has 1 aliphatic heterocycles. The second-order valence-corrected chi connectivity index (χ2v) is 11.2. The van der Waals surface area contributed by atoms with E-state index in [4.69, 9.17) is 0 Å². The molecule has 0 aromatic carbocycles. The molecule has 3 rings (SSSR count). The quantitative estimate of drug-likeness (QED) is 0.292. The van der Waals surface area contributed by atoms with Crippen LogP contribution in [0.15, 0.2) is 12.7 Å². The molecule has 2 aliphatic carbocycles. The number of urea groups is 1. The van der Waals surface area contributed by atoms with Crippen molar-refractivity contribution in [1.82, 2.24) is 15.5 Å². The van der Waals surface area contributed by atoms with Crippen LogP contribution in [-0.4, -0.2) is 63.0 Å². The molecule has 1 saturated heterocycles. The van der Waals surface area contributed by atoms with Gasteiger partial charge in [-0.2, -0.15) is 0 Å². The van der Waals surface area contributed by atoms with E-state index < -0.39 is 47.0 Å². The number of nitrogens with one attached hydrogen (secondary N) is 2. The largest absolute Gasteiger partial charge is 0.480 e. The summed E-state index contributed by atoms with van der Waals surface area (Å²) >= 11 is 0. The average Bonchev–Trinajstić information content (AvgIpc) is 3.14. The Hall–Kier alpha value is -2.65. The average molecular weight is 479 g/mol. The highest BCUT2D eigenvalue weighted by Crippen LogP contribution is 2.45. The SMILES string of the molecule is C=C[C@H]1CCN(C(=O)[C@@H](NC(=O)NC2([C@@H]3CCC3[N+](=O)[O-])CCCCC2)C(C)(C)C)[C@@H]1C(=O)O. The molecule has 3 fully saturated rings. The molecule has 10 nitrogen and oxygen atoms in total. The summed E-state index contributed by atoms with van der Waals surface area (Å²) in [6.45, 7) is 9.43. The van der Waals surface area contributed by atoms with Crippen molar-refractivity contribution in [3.63, 3.8) is 0 Å². The number of carbonyl (C=O) groups is 3. The lowest BCUT2D eigenvalue weighted by molar-refractivity contribution is -0.551. The Morgan fingerprint density at radius 1 is 1.18 bits per heavy atom. The van der Waals surface area contributed by atoms with Gasteiger partial charge in [-0.3, -0.25) is 14.9 Å². The molecule has 0 radical (unpaired) electrons. The fraction of sp³-hybridized carbons (Fsp3) is 0.792. The molecule has 0 aromatic heterocycles. The molecule has 0 aromatic rings. The van der Waals surface area contributed by atoms with Gasteiger partial charge in [0, 0.05) is 29.7 Å². The van der Waals surface area contributed by atoms with Crippen LogP contribution in [-0.2, 0) is 9.59 Å². The van der Waals surface area contributed by atoms with Crippen molar-refractivity contribution in [3.05, 3.63) is 22.8 Å². The van der Waals surface area contributed by atoms with E-state index in [0.29, 0.717) is 32.1 Å². The Morgan fingerprint density at radius 2 is 1.82 bits per heavy atom. The first kappa shape index (κ1) is 26.0. The zero-order valence-electron chi connectivity index (χ0n) is 20.4. The fourth-order valence-electron chi connectivity index (χ4n) is 5.98. The minimum atomic E-state index is -1.09. The highest BCUT2D eigenvalue weighted by molar-refractivity contribution is 5.91. The van der Waals surface area contributed by atoms with Gasteiger partial charge in [0.2, 0.25) is 11.9 Å². The molecule has 0 bridgehead atoms. The number of nitro groups is 1. The van der Waals surface area contributed by atoms with E-state index in [-0.39, 0.29) is 23.3 Å². The zero-order valence-corrected chi connectivity index (χ0v) is 20.4. The van der Waals surface area contributed by atoms with E-state index in [1.54, 1.807) is 6.08 Å². The lowest BCUT2D eigenvalue weighted by atomic mass is 9.62. The van der Waals surface area contributed by atoms with Crippen LogP contribution >= 0.6 is 0 Å². The number of likely N-dealkylation sites (tertiary alicyclic amines) is 1. The van der Waals surface area contributed by atoms with Crippen LogP contribution in [0.3, 0.4) is 0 Å². The summed E-state index contributed by atoms with van der Waals surface area (Å²) in [6.07, 6.45) is 7.44. The van der Waals surface area contributed by atoms with E-state index in [0.717, 1.165) is 19.3 Å². The van der Waals surface area contributed by atoms with Crippen LogP contribution in [0.1, 0.15) is 72.1 Å². The number of hydrogen-bond donors (Lipinski definition) is 3. The van der Waals surface area contributed by atoms with Gasteiger partial charge in [0.25, 0.3) is 0 Å². The van der Waals surface area contributed by atoms with E-state index in [1.165, 1.54) is 4.90 Å². The van der Waals surface area contributed by atoms with Gasteiger partial charge in [-0.1, -0.05) is 46.1 Å². The smallest absolute Gasteiger partial charge is 0.327 e. The fourth-order valence-corrected chi connectivity index (χ4v) is 5.98. The van der Waals surface area contributed by atoms with Crippen molar-refractivity contribution < 1.29 is 24.4 Å². The number of rotatable bonds is 7. The molecular formula is C24H38N4O6. The third-order valence-electron chi connectivity index (χ3n) is 8.00. The number of carboxylic acid groups (broad SMARTS) is 1. The molecule has 2 saturated carbocycles. The minimum absolute atomic E-state index is 0.222. The van der Waals surface area contributed by atoms with Gasteiger partial charge < -0.3 is 20.6 Å². The van der Waals surface area contributed by atoms with Crippen LogP contribution in [0.2, 0.25) is 0 Å². The number of hydrogen-bond acceptors (Lipinski definition) is 5. The molecule has 3 amide bonds. The summed E-state index contributed by atoms with van der Waals surface area (Å²) < 4.78 is 0. The Balaban J connectivity index is 1.79. The van der Waals surface area contributed by atoms with Crippen molar-refractivity contribution in [2.24, 2.45) is 17.3 Å². The lowest BCUT2D eigenvalue weighted by Gasteiger charge is -2.49. The maximum absolute atomic E-state index is 13.5. The van der Waals surface area contributed by atoms with Gasteiger partial charge >= 0.3 is 12.0 Å². The maximum atomic E-state index is 13.5. The molecule has 3 N–H and O–H groups in total. The Labute approximate surface area is 200 Å². The Morgan fingerprint density at radius 3 is 2.29 bits per heavy atom. The highest BCUT2D eigenvalue weighted by Gasteiger charge is 2.55. The van der Waals surface area contributed by atoms with Gasteiger partial charge in [0.05, 0.1) is 5.54 Å². The van der Waals surface area contributed by atoms with Gasteiger partial charge in [-0.25, -0.2) is 9.59 Å². The second kappa shape index (κ2) is 9.92. The maximum Gasteiger partial charge on any atom is 0.327 e. The standard InChI is InChI=1S/C24H38N4O6/c1-5-15-11-14-27(18(15)21(30)31)20(29)19(23(2,3)4)25-22(32)26-24(12-7-6-8-13-24)16-9-10-17(16)28(33)34/h5,15-19H,1,6-14H2,2-4H3,(H,30,31)(H2,25,26,32)/t15-,16+,17?,18-,19+/m0/s1. The highest BCUT2D eigenvalue weighted by atomic mass is 16.6. The molecule has 190 valence electrons. The van der Waals surface area contributed by atoms with Crippen molar-refractivity contribution in [2.75, 3.05) is 6.54 Å². The first-order valence-electron chi connectivity index (χ1n) is 12.3. The number of carboxylic acids is 1. The summed E-state index contributed by atoms with van der Waals surface area (Å²) in [4.78, 5) is 51.3. The summed E-state index contributed by atoms with van der Waals surface area (Å²) in [5.41, 5.74) is -1.34.